The molecule has 0 spiro atoms. The lowest BCUT2D eigenvalue weighted by Crippen LogP contribution is -2.13. The summed E-state index contributed by atoms with van der Waals surface area (Å²) in [4.78, 5) is 11.8. The molecule has 1 aromatic carbocycles. The van der Waals surface area contributed by atoms with Crippen LogP contribution >= 0.6 is 22.6 Å². The van der Waals surface area contributed by atoms with Crippen molar-refractivity contribution >= 4 is 40.0 Å². The third-order valence-corrected chi connectivity index (χ3v) is 2.73. The number of nitrogens with one attached hydrogen (secondary N) is 2. The lowest BCUT2D eigenvalue weighted by Gasteiger charge is -2.03. The molecule has 0 saturated heterocycles. The molecule has 0 aliphatic heterocycles. The second kappa shape index (κ2) is 4.52. The van der Waals surface area contributed by atoms with Crippen molar-refractivity contribution in [2.75, 3.05) is 11.1 Å². The molecule has 0 fully saturated rings. The Hall–Kier alpha value is -1.57. The highest BCUT2D eigenvalue weighted by Gasteiger charge is 2.08. The number of H-pyrrole nitrogens is 1. The van der Waals surface area contributed by atoms with Crippen LogP contribution in [0.2, 0.25) is 0 Å². The number of aromatic nitrogens is 2. The Morgan fingerprint density at radius 2 is 2.06 bits per heavy atom. The summed E-state index contributed by atoms with van der Waals surface area (Å²) in [5.74, 6) is 0.205. The van der Waals surface area contributed by atoms with Gasteiger partial charge in [-0.3, -0.25) is 9.89 Å². The SMILES string of the molecule is Nc1cn[nH]c1NC(=O)c1ccc(I)cc1. The maximum atomic E-state index is 11.8. The van der Waals surface area contributed by atoms with Crippen molar-refractivity contribution in [2.24, 2.45) is 0 Å². The molecular weight excluding hydrogens is 319 g/mol. The zero-order valence-electron chi connectivity index (χ0n) is 8.20. The standard InChI is InChI=1S/C10H9IN4O/c11-7-3-1-6(2-4-7)10(16)14-9-8(12)5-13-15-9/h1-5H,12H2,(H2,13,14,15,16). The van der Waals surface area contributed by atoms with Crippen LogP contribution in [0.3, 0.4) is 0 Å². The molecule has 0 bridgehead atoms. The minimum atomic E-state index is -0.215. The van der Waals surface area contributed by atoms with Gasteiger partial charge in [-0.25, -0.2) is 0 Å². The third-order valence-electron chi connectivity index (χ3n) is 2.01. The van der Waals surface area contributed by atoms with Gasteiger partial charge in [0.1, 0.15) is 0 Å². The van der Waals surface area contributed by atoms with E-state index in [4.69, 9.17) is 5.73 Å². The number of hydrogen-bond acceptors (Lipinski definition) is 3. The highest BCUT2D eigenvalue weighted by Crippen LogP contribution is 2.14. The quantitative estimate of drug-likeness (QED) is 0.736. The van der Waals surface area contributed by atoms with E-state index in [0.717, 1.165) is 3.57 Å². The van der Waals surface area contributed by atoms with E-state index in [1.54, 1.807) is 12.1 Å². The molecule has 5 nitrogen and oxygen atoms in total. The molecule has 16 heavy (non-hydrogen) atoms. The normalized spacial score (nSPS) is 10.1. The number of hydrogen-bond donors (Lipinski definition) is 3. The molecule has 1 heterocycles. The lowest BCUT2D eigenvalue weighted by atomic mass is 10.2. The number of amides is 1. The number of nitrogens with zero attached hydrogens (tertiary/aromatic N) is 1. The average molecular weight is 328 g/mol. The van der Waals surface area contributed by atoms with E-state index in [9.17, 15) is 4.79 Å². The summed E-state index contributed by atoms with van der Waals surface area (Å²) in [6, 6.07) is 7.24. The van der Waals surface area contributed by atoms with E-state index in [1.165, 1.54) is 6.20 Å². The first-order valence-corrected chi connectivity index (χ1v) is 5.60. The second-order valence-electron chi connectivity index (χ2n) is 3.16. The van der Waals surface area contributed by atoms with E-state index < -0.39 is 0 Å². The van der Waals surface area contributed by atoms with Crippen LogP contribution in [0.1, 0.15) is 10.4 Å². The highest BCUT2D eigenvalue weighted by atomic mass is 127. The van der Waals surface area contributed by atoms with Crippen molar-refractivity contribution in [3.8, 4) is 0 Å². The van der Waals surface area contributed by atoms with Gasteiger partial charge in [0.05, 0.1) is 11.9 Å². The Kier molecular flexibility index (Phi) is 3.09. The maximum Gasteiger partial charge on any atom is 0.256 e. The molecule has 2 rings (SSSR count). The van der Waals surface area contributed by atoms with Crippen LogP contribution < -0.4 is 11.1 Å². The van der Waals surface area contributed by atoms with E-state index in [1.807, 2.05) is 12.1 Å². The largest absolute Gasteiger partial charge is 0.394 e. The van der Waals surface area contributed by atoms with Crippen molar-refractivity contribution in [3.05, 3.63) is 39.6 Å². The molecule has 1 amide bonds. The summed E-state index contributed by atoms with van der Waals surface area (Å²) in [5, 5.41) is 8.97. The van der Waals surface area contributed by atoms with Gasteiger partial charge in [-0.2, -0.15) is 5.10 Å². The van der Waals surface area contributed by atoms with E-state index >= 15 is 0 Å². The van der Waals surface area contributed by atoms with Gasteiger partial charge in [0.2, 0.25) is 0 Å². The fourth-order valence-corrected chi connectivity index (χ4v) is 1.54. The van der Waals surface area contributed by atoms with Crippen LogP contribution in [0, 0.1) is 3.57 Å². The predicted molar refractivity (Wildman–Crippen MR) is 70.1 cm³/mol. The minimum Gasteiger partial charge on any atom is -0.394 e. The molecule has 0 saturated carbocycles. The van der Waals surface area contributed by atoms with Crippen LogP contribution in [0.15, 0.2) is 30.5 Å². The zero-order valence-corrected chi connectivity index (χ0v) is 10.4. The van der Waals surface area contributed by atoms with Gasteiger partial charge >= 0.3 is 0 Å². The van der Waals surface area contributed by atoms with Crippen molar-refractivity contribution in [2.45, 2.75) is 0 Å². The highest BCUT2D eigenvalue weighted by molar-refractivity contribution is 14.1. The topological polar surface area (TPSA) is 83.8 Å². The van der Waals surface area contributed by atoms with Crippen LogP contribution in [-0.4, -0.2) is 16.1 Å². The molecule has 0 radical (unpaired) electrons. The van der Waals surface area contributed by atoms with Crippen LogP contribution in [-0.2, 0) is 0 Å². The summed E-state index contributed by atoms with van der Waals surface area (Å²) in [6.07, 6.45) is 1.45. The van der Waals surface area contributed by atoms with Gasteiger partial charge in [0.25, 0.3) is 5.91 Å². The number of benzene rings is 1. The summed E-state index contributed by atoms with van der Waals surface area (Å²) < 4.78 is 1.08. The Labute approximate surface area is 106 Å². The molecule has 1 aromatic heterocycles. The Morgan fingerprint density at radius 1 is 1.38 bits per heavy atom. The first kappa shape index (κ1) is 10.9. The Bertz CT molecular complexity index is 506. The predicted octanol–water partition coefficient (Wildman–Crippen LogP) is 1.85. The average Bonchev–Trinajstić information content (AvgIpc) is 2.65. The summed E-state index contributed by atoms with van der Waals surface area (Å²) in [5.41, 5.74) is 6.58. The lowest BCUT2D eigenvalue weighted by molar-refractivity contribution is 0.102. The van der Waals surface area contributed by atoms with Gasteiger partial charge in [0.15, 0.2) is 5.82 Å². The summed E-state index contributed by atoms with van der Waals surface area (Å²) in [6.45, 7) is 0. The van der Waals surface area contributed by atoms with Crippen LogP contribution in [0.5, 0.6) is 0 Å². The number of carbonyl (C=O) groups is 1. The number of anilines is 2. The van der Waals surface area contributed by atoms with Gasteiger partial charge < -0.3 is 11.1 Å². The van der Waals surface area contributed by atoms with Gasteiger partial charge in [-0.15, -0.1) is 0 Å². The third kappa shape index (κ3) is 2.32. The van der Waals surface area contributed by atoms with Gasteiger partial charge in [0, 0.05) is 9.13 Å². The number of aromatic amines is 1. The first-order chi connectivity index (χ1) is 7.66. The van der Waals surface area contributed by atoms with Crippen molar-refractivity contribution in [3.63, 3.8) is 0 Å². The van der Waals surface area contributed by atoms with Crippen molar-refractivity contribution < 1.29 is 4.79 Å². The molecule has 6 heteroatoms. The minimum absolute atomic E-state index is 0.215. The van der Waals surface area contributed by atoms with E-state index in [0.29, 0.717) is 17.1 Å². The summed E-state index contributed by atoms with van der Waals surface area (Å²) in [7, 11) is 0. The Balaban J connectivity index is 2.15. The number of nitrogen functional groups attached to an aromatic ring is 1. The maximum absolute atomic E-state index is 11.8. The molecule has 0 atom stereocenters. The van der Waals surface area contributed by atoms with E-state index in [-0.39, 0.29) is 5.91 Å². The number of carbonyl (C=O) groups excluding carboxylic acids is 1. The zero-order chi connectivity index (χ0) is 11.5. The molecule has 0 aliphatic rings. The fourth-order valence-electron chi connectivity index (χ4n) is 1.18. The fraction of sp³-hybridized carbons (Fsp3) is 0. The monoisotopic (exact) mass is 328 g/mol. The van der Waals surface area contributed by atoms with Crippen LogP contribution in [0.4, 0.5) is 11.5 Å². The van der Waals surface area contributed by atoms with E-state index in [2.05, 4.69) is 38.1 Å². The Morgan fingerprint density at radius 3 is 2.62 bits per heavy atom. The van der Waals surface area contributed by atoms with Crippen molar-refractivity contribution in [1.29, 1.82) is 0 Å². The number of rotatable bonds is 2. The molecule has 0 aliphatic carbocycles. The molecule has 2 aromatic rings. The molecular formula is C10H9IN4O. The number of halogens is 1. The van der Waals surface area contributed by atoms with Crippen LogP contribution in [0.25, 0.3) is 0 Å². The number of nitrogens with two attached hydrogens (primary N) is 1. The second-order valence-corrected chi connectivity index (χ2v) is 4.41. The molecule has 82 valence electrons. The summed E-state index contributed by atoms with van der Waals surface area (Å²) >= 11 is 2.18. The van der Waals surface area contributed by atoms with Gasteiger partial charge in [-0.05, 0) is 46.9 Å². The first-order valence-electron chi connectivity index (χ1n) is 4.52. The smallest absolute Gasteiger partial charge is 0.256 e. The molecule has 4 N–H and O–H groups in total. The van der Waals surface area contributed by atoms with Gasteiger partial charge in [-0.1, -0.05) is 0 Å². The molecule has 0 unspecified atom stereocenters. The van der Waals surface area contributed by atoms with Crippen molar-refractivity contribution in [1.82, 2.24) is 10.2 Å².